The maximum Gasteiger partial charge on any atom is 0.306 e. The van der Waals surface area contributed by atoms with Crippen molar-refractivity contribution < 1.29 is 38.2 Å². The Bertz CT molecular complexity index is 1400. The molecule has 0 fully saturated rings. The van der Waals surface area contributed by atoms with Crippen LogP contribution in [0.5, 0.6) is 0 Å². The van der Waals surface area contributed by atoms with Crippen LogP contribution in [0.25, 0.3) is 0 Å². The molecule has 0 rings (SSSR count). The number of ether oxygens (including phenoxy) is 3. The number of aliphatic carboxylic acids is 1. The van der Waals surface area contributed by atoms with Crippen LogP contribution >= 0.6 is 0 Å². The van der Waals surface area contributed by atoms with Gasteiger partial charge in [0.2, 0.25) is 0 Å². The van der Waals surface area contributed by atoms with Gasteiger partial charge in [-0.2, -0.15) is 0 Å². The van der Waals surface area contributed by atoms with Crippen molar-refractivity contribution in [2.75, 3.05) is 41.0 Å². The second-order valence-electron chi connectivity index (χ2n) is 15.9. The highest BCUT2D eigenvalue weighted by Crippen LogP contribution is 2.10. The first-order valence-electron chi connectivity index (χ1n) is 23.1. The zero-order valence-corrected chi connectivity index (χ0v) is 38.8. The van der Waals surface area contributed by atoms with Crippen LogP contribution in [0.15, 0.2) is 122 Å². The number of carbonyl (C=O) groups excluding carboxylic acids is 3. The number of hydrogen-bond acceptors (Lipinski definition) is 7. The number of carboxylic acid groups (broad SMARTS) is 1. The predicted octanol–water partition coefficient (Wildman–Crippen LogP) is 11.7. The van der Waals surface area contributed by atoms with Gasteiger partial charge in [0.05, 0.1) is 40.3 Å². The van der Waals surface area contributed by atoms with E-state index >= 15 is 0 Å². The molecule has 0 aliphatic heterocycles. The van der Waals surface area contributed by atoms with Crippen molar-refractivity contribution in [3.63, 3.8) is 0 Å². The number of allylic oxidation sites excluding steroid dienone is 20. The van der Waals surface area contributed by atoms with Gasteiger partial charge in [0, 0.05) is 19.3 Å². The first kappa shape index (κ1) is 56.7. The minimum absolute atomic E-state index is 0.00829. The van der Waals surface area contributed by atoms with E-state index in [2.05, 4.69) is 135 Å². The van der Waals surface area contributed by atoms with Crippen LogP contribution in [0, 0.1) is 0 Å². The molecule has 0 heterocycles. The molecule has 61 heavy (non-hydrogen) atoms. The molecule has 2 unspecified atom stereocenters. The summed E-state index contributed by atoms with van der Waals surface area (Å²) >= 11 is 0. The summed E-state index contributed by atoms with van der Waals surface area (Å²) in [5, 5.41) is 11.6. The molecule has 0 radical (unpaired) electrons. The van der Waals surface area contributed by atoms with Crippen molar-refractivity contribution in [3.05, 3.63) is 122 Å². The lowest BCUT2D eigenvalue weighted by Gasteiger charge is -2.34. The number of hydrogen-bond donors (Lipinski definition) is 0. The van der Waals surface area contributed by atoms with Crippen LogP contribution < -0.4 is 5.11 Å². The maximum atomic E-state index is 12.7. The molecule has 0 aliphatic carbocycles. The SMILES string of the molecule is CC/C=C/C/C=C/C/C=C/C/C=C/C/C=C/C/C=C/CCCC(=O)OCC(COCCC(C(=O)[O-])[N+](C)(C)C)OC(=O)CCC/C=C/C/C=C/C/C=C/C/C=C/CCCCC. The van der Waals surface area contributed by atoms with E-state index in [9.17, 15) is 19.5 Å². The van der Waals surface area contributed by atoms with E-state index in [0.717, 1.165) is 70.6 Å². The third-order valence-electron chi connectivity index (χ3n) is 9.33. The molecule has 0 saturated carbocycles. The predicted molar refractivity (Wildman–Crippen MR) is 254 cm³/mol. The Labute approximate surface area is 371 Å². The number of nitrogens with zero attached hydrogens (tertiary/aromatic N) is 1. The first-order valence-corrected chi connectivity index (χ1v) is 23.1. The van der Waals surface area contributed by atoms with Gasteiger partial charge in [-0.1, -0.05) is 148 Å². The lowest BCUT2D eigenvalue weighted by Crippen LogP contribution is -2.55. The highest BCUT2D eigenvalue weighted by atomic mass is 16.6. The van der Waals surface area contributed by atoms with E-state index in [-0.39, 0.29) is 49.5 Å². The maximum absolute atomic E-state index is 12.7. The topological polar surface area (TPSA) is 102 Å². The Kier molecular flexibility index (Phi) is 39.5. The van der Waals surface area contributed by atoms with Gasteiger partial charge in [0.1, 0.15) is 12.6 Å². The molecule has 342 valence electrons. The van der Waals surface area contributed by atoms with E-state index in [1.54, 1.807) is 21.1 Å². The second kappa shape index (κ2) is 42.4. The average molecular weight is 846 g/mol. The normalized spacial score (nSPS) is 14.0. The van der Waals surface area contributed by atoms with Crippen LogP contribution in [0.4, 0.5) is 0 Å². The molecule has 0 N–H and O–H groups in total. The summed E-state index contributed by atoms with van der Waals surface area (Å²) in [6.45, 7) is 4.37. The molecule has 0 amide bonds. The highest BCUT2D eigenvalue weighted by Gasteiger charge is 2.25. The van der Waals surface area contributed by atoms with E-state index in [0.29, 0.717) is 12.8 Å². The number of unbranched alkanes of at least 4 members (excludes halogenated alkanes) is 5. The Balaban J connectivity index is 4.54. The van der Waals surface area contributed by atoms with E-state index in [1.165, 1.54) is 25.7 Å². The van der Waals surface area contributed by atoms with Gasteiger partial charge in [0.15, 0.2) is 6.10 Å². The van der Waals surface area contributed by atoms with Crippen molar-refractivity contribution in [1.29, 1.82) is 0 Å². The summed E-state index contributed by atoms with van der Waals surface area (Å²) in [7, 11) is 5.36. The quantitative estimate of drug-likeness (QED) is 0.0263. The minimum Gasteiger partial charge on any atom is -0.544 e. The van der Waals surface area contributed by atoms with Crippen LogP contribution in [0.2, 0.25) is 0 Å². The summed E-state index contributed by atoms with van der Waals surface area (Å²) < 4.78 is 17.1. The van der Waals surface area contributed by atoms with Crippen LogP contribution in [-0.4, -0.2) is 75.5 Å². The molecular formula is C53H83NO7. The molecule has 8 nitrogen and oxygen atoms in total. The van der Waals surface area contributed by atoms with Crippen molar-refractivity contribution in [2.24, 2.45) is 0 Å². The van der Waals surface area contributed by atoms with Gasteiger partial charge < -0.3 is 28.6 Å². The first-order chi connectivity index (χ1) is 29.6. The second-order valence-corrected chi connectivity index (χ2v) is 15.9. The number of carboxylic acids is 1. The molecule has 0 aromatic carbocycles. The third kappa shape index (κ3) is 40.9. The van der Waals surface area contributed by atoms with Crippen LogP contribution in [-0.2, 0) is 28.6 Å². The van der Waals surface area contributed by atoms with Gasteiger partial charge in [-0.15, -0.1) is 0 Å². The average Bonchev–Trinajstić information content (AvgIpc) is 3.22. The fourth-order valence-electron chi connectivity index (χ4n) is 5.78. The summed E-state index contributed by atoms with van der Waals surface area (Å²) in [5.41, 5.74) is 0. The Hall–Kier alpha value is -4.27. The van der Waals surface area contributed by atoms with Gasteiger partial charge in [0.25, 0.3) is 0 Å². The van der Waals surface area contributed by atoms with Crippen molar-refractivity contribution >= 4 is 17.9 Å². The Morgan fingerprint density at radius 3 is 1.30 bits per heavy atom. The lowest BCUT2D eigenvalue weighted by molar-refractivity contribution is -0.889. The van der Waals surface area contributed by atoms with Crippen molar-refractivity contribution in [3.8, 4) is 0 Å². The fraction of sp³-hybridized carbons (Fsp3) is 0.566. The molecule has 8 heteroatoms. The summed E-state index contributed by atoms with van der Waals surface area (Å²) in [4.78, 5) is 36.9. The fourth-order valence-corrected chi connectivity index (χ4v) is 5.78. The molecule has 0 aromatic rings. The van der Waals surface area contributed by atoms with Crippen LogP contribution in [0.1, 0.15) is 142 Å². The Morgan fingerprint density at radius 1 is 0.508 bits per heavy atom. The lowest BCUT2D eigenvalue weighted by atomic mass is 10.1. The zero-order chi connectivity index (χ0) is 44.9. The monoisotopic (exact) mass is 846 g/mol. The summed E-state index contributed by atoms with van der Waals surface area (Å²) in [6, 6.07) is -0.752. The number of likely N-dealkylation sites (N-methyl/N-ethyl adjacent to an activating group) is 1. The van der Waals surface area contributed by atoms with Gasteiger partial charge in [-0.25, -0.2) is 0 Å². The minimum atomic E-state index is -1.15. The van der Waals surface area contributed by atoms with E-state index < -0.39 is 24.1 Å². The molecule has 0 saturated heterocycles. The summed E-state index contributed by atoms with van der Waals surface area (Å²) in [5.74, 6) is -1.90. The number of carbonyl (C=O) groups is 3. The molecule has 2 atom stereocenters. The van der Waals surface area contributed by atoms with Gasteiger partial charge in [-0.3, -0.25) is 9.59 Å². The molecule has 0 bridgehead atoms. The number of rotatable bonds is 39. The van der Waals surface area contributed by atoms with Crippen LogP contribution in [0.3, 0.4) is 0 Å². The van der Waals surface area contributed by atoms with Crippen molar-refractivity contribution in [2.45, 2.75) is 154 Å². The third-order valence-corrected chi connectivity index (χ3v) is 9.33. The van der Waals surface area contributed by atoms with Crippen molar-refractivity contribution in [1.82, 2.24) is 0 Å². The zero-order valence-electron chi connectivity index (χ0n) is 38.8. The van der Waals surface area contributed by atoms with E-state index in [4.69, 9.17) is 14.2 Å². The highest BCUT2D eigenvalue weighted by molar-refractivity contribution is 5.70. The molecule has 0 aliphatic rings. The van der Waals surface area contributed by atoms with Gasteiger partial charge in [-0.05, 0) is 96.3 Å². The smallest absolute Gasteiger partial charge is 0.306 e. The summed E-state index contributed by atoms with van der Waals surface area (Å²) in [6.07, 6.45) is 59.5. The largest absolute Gasteiger partial charge is 0.544 e. The number of esters is 2. The standard InChI is InChI=1S/C53H83NO7/c1-6-8-10-12-14-16-18-20-22-24-25-26-28-29-31-33-35-37-39-41-43-51(55)60-48-49(47-59-46-45-50(53(57)58)54(3,4)5)61-52(56)44-42-40-38-36-34-32-30-27-23-21-19-17-15-13-11-9-7-2/h8,10,14-17,20-23,25-26,29-32,35-38,49-50H,6-7,9,11-13,18-19,24,27-28,33-34,39-48H2,1-5H3/b10-8+,16-14+,17-15+,22-20+,23-21+,26-25+,31-29+,32-30+,37-35+,38-36+. The Morgan fingerprint density at radius 2 is 0.902 bits per heavy atom. The molecule has 0 aromatic heterocycles. The number of quaternary nitrogens is 1. The van der Waals surface area contributed by atoms with Gasteiger partial charge >= 0.3 is 11.9 Å². The molecular weight excluding hydrogens is 763 g/mol. The molecule has 0 spiro atoms. The van der Waals surface area contributed by atoms with E-state index in [1.807, 2.05) is 0 Å².